The molecule has 2 heteroatoms. The zero-order valence-corrected chi connectivity index (χ0v) is 6.61. The van der Waals surface area contributed by atoms with E-state index in [-0.39, 0.29) is 0 Å². The highest BCUT2D eigenvalue weighted by atomic mass is 19.1. The van der Waals surface area contributed by atoms with Gasteiger partial charge >= 0.3 is 0 Å². The Hall–Kier alpha value is -0.840. The van der Waals surface area contributed by atoms with Gasteiger partial charge in [-0.3, -0.25) is 0 Å². The predicted molar refractivity (Wildman–Crippen MR) is 39.2 cm³/mol. The summed E-state index contributed by atoms with van der Waals surface area (Å²) < 4.78 is 12.8. The van der Waals surface area contributed by atoms with Crippen molar-refractivity contribution in [2.24, 2.45) is 0 Å². The Morgan fingerprint density at radius 3 is 2.30 bits per heavy atom. The molecule has 1 nitrogen and oxygen atoms in total. The first-order chi connectivity index (χ1) is 4.49. The fourth-order valence-corrected chi connectivity index (χ4v) is 0.628. The van der Waals surface area contributed by atoms with Crippen molar-refractivity contribution in [2.75, 3.05) is 0 Å². The largest absolute Gasteiger partial charge is 0.240 e. The normalized spacial score (nSPS) is 12.9. The predicted octanol–water partition coefficient (Wildman–Crippen LogP) is 2.59. The lowest BCUT2D eigenvalue weighted by atomic mass is 10.1. The van der Waals surface area contributed by atoms with Gasteiger partial charge in [-0.15, -0.1) is 0 Å². The molecule has 0 atom stereocenters. The molecule has 0 aliphatic carbocycles. The third-order valence-electron chi connectivity index (χ3n) is 1.04. The molecule has 0 aromatic carbocycles. The SMILES string of the molecule is CC/C(C#N)=C\C(C)(C)F. The van der Waals surface area contributed by atoms with E-state index in [4.69, 9.17) is 5.26 Å². The third kappa shape index (κ3) is 4.08. The third-order valence-corrected chi connectivity index (χ3v) is 1.04. The van der Waals surface area contributed by atoms with E-state index >= 15 is 0 Å². The van der Waals surface area contributed by atoms with Crippen LogP contribution in [0.4, 0.5) is 4.39 Å². The zero-order valence-electron chi connectivity index (χ0n) is 6.61. The molecule has 0 saturated heterocycles. The quantitative estimate of drug-likeness (QED) is 0.542. The van der Waals surface area contributed by atoms with Gasteiger partial charge in [0.05, 0.1) is 6.07 Å². The summed E-state index contributed by atoms with van der Waals surface area (Å²) in [6.07, 6.45) is 1.96. The van der Waals surface area contributed by atoms with E-state index in [1.165, 1.54) is 19.9 Å². The molecule has 0 aromatic rings. The van der Waals surface area contributed by atoms with Crippen LogP contribution in [0.3, 0.4) is 0 Å². The van der Waals surface area contributed by atoms with Gasteiger partial charge in [0, 0.05) is 5.57 Å². The Morgan fingerprint density at radius 1 is 1.70 bits per heavy atom. The van der Waals surface area contributed by atoms with Crippen molar-refractivity contribution in [1.29, 1.82) is 5.26 Å². The summed E-state index contributed by atoms with van der Waals surface area (Å²) in [5, 5.41) is 8.40. The molecular weight excluding hydrogens is 129 g/mol. The molecule has 0 heterocycles. The van der Waals surface area contributed by atoms with Crippen LogP contribution in [0, 0.1) is 11.3 Å². The molecule has 0 aliphatic heterocycles. The van der Waals surface area contributed by atoms with Gasteiger partial charge in [0.15, 0.2) is 0 Å². The molecule has 0 N–H and O–H groups in total. The average molecular weight is 141 g/mol. The topological polar surface area (TPSA) is 23.8 Å². The second-order valence-electron chi connectivity index (χ2n) is 2.70. The van der Waals surface area contributed by atoms with Crippen LogP contribution in [0.5, 0.6) is 0 Å². The van der Waals surface area contributed by atoms with Gasteiger partial charge < -0.3 is 0 Å². The van der Waals surface area contributed by atoms with Crippen LogP contribution in [0.1, 0.15) is 27.2 Å². The van der Waals surface area contributed by atoms with E-state index in [0.29, 0.717) is 12.0 Å². The Kier molecular flexibility index (Phi) is 3.08. The number of rotatable bonds is 2. The molecule has 0 radical (unpaired) electrons. The molecule has 0 spiro atoms. The molecule has 10 heavy (non-hydrogen) atoms. The summed E-state index contributed by atoms with van der Waals surface area (Å²) in [5.74, 6) is 0. The molecular formula is C8H12FN. The minimum absolute atomic E-state index is 0.507. The van der Waals surface area contributed by atoms with Gasteiger partial charge in [0.25, 0.3) is 0 Å². The lowest BCUT2D eigenvalue weighted by Crippen LogP contribution is -2.07. The number of hydrogen-bond acceptors (Lipinski definition) is 1. The van der Waals surface area contributed by atoms with E-state index < -0.39 is 5.67 Å². The zero-order chi connectivity index (χ0) is 8.20. The van der Waals surface area contributed by atoms with Crippen LogP contribution >= 0.6 is 0 Å². The summed E-state index contributed by atoms with van der Waals surface area (Å²) in [6, 6.07) is 1.93. The highest BCUT2D eigenvalue weighted by molar-refractivity contribution is 5.23. The van der Waals surface area contributed by atoms with Gasteiger partial charge in [-0.1, -0.05) is 6.92 Å². The minimum atomic E-state index is -1.36. The Bertz CT molecular complexity index is 169. The molecule has 0 aliphatic rings. The smallest absolute Gasteiger partial charge is 0.124 e. The first kappa shape index (κ1) is 9.16. The fourth-order valence-electron chi connectivity index (χ4n) is 0.628. The van der Waals surface area contributed by atoms with Crippen molar-refractivity contribution < 1.29 is 4.39 Å². The van der Waals surface area contributed by atoms with Gasteiger partial charge in [0.1, 0.15) is 5.67 Å². The van der Waals surface area contributed by atoms with Crippen molar-refractivity contribution in [3.63, 3.8) is 0 Å². The van der Waals surface area contributed by atoms with E-state index in [0.717, 1.165) is 0 Å². The van der Waals surface area contributed by atoms with Crippen LogP contribution in [-0.2, 0) is 0 Å². The van der Waals surface area contributed by atoms with Gasteiger partial charge in [-0.25, -0.2) is 4.39 Å². The van der Waals surface area contributed by atoms with Crippen molar-refractivity contribution in [3.05, 3.63) is 11.6 Å². The molecule has 0 rings (SSSR count). The summed E-state index contributed by atoms with van der Waals surface area (Å²) in [4.78, 5) is 0. The molecule has 0 amide bonds. The van der Waals surface area contributed by atoms with E-state index in [1.54, 1.807) is 0 Å². The highest BCUT2D eigenvalue weighted by Gasteiger charge is 2.11. The second kappa shape index (κ2) is 3.36. The number of allylic oxidation sites excluding steroid dienone is 2. The Labute approximate surface area is 61.2 Å². The van der Waals surface area contributed by atoms with Crippen LogP contribution in [0.15, 0.2) is 11.6 Å². The molecule has 56 valence electrons. The maximum atomic E-state index is 12.8. The summed E-state index contributed by atoms with van der Waals surface area (Å²) in [6.45, 7) is 4.70. The van der Waals surface area contributed by atoms with Crippen LogP contribution < -0.4 is 0 Å². The first-order valence-electron chi connectivity index (χ1n) is 3.30. The lowest BCUT2D eigenvalue weighted by molar-refractivity contribution is 0.286. The van der Waals surface area contributed by atoms with Crippen molar-refractivity contribution >= 4 is 0 Å². The summed E-state index contributed by atoms with van der Waals surface area (Å²) >= 11 is 0. The van der Waals surface area contributed by atoms with E-state index in [1.807, 2.05) is 13.0 Å². The minimum Gasteiger partial charge on any atom is -0.240 e. The van der Waals surface area contributed by atoms with Gasteiger partial charge in [-0.05, 0) is 26.3 Å². The highest BCUT2D eigenvalue weighted by Crippen LogP contribution is 2.14. The summed E-state index contributed by atoms with van der Waals surface area (Å²) in [5.41, 5.74) is -0.853. The number of nitriles is 1. The van der Waals surface area contributed by atoms with E-state index in [9.17, 15) is 4.39 Å². The maximum Gasteiger partial charge on any atom is 0.124 e. The molecule has 0 bridgehead atoms. The van der Waals surface area contributed by atoms with Crippen LogP contribution in [0.25, 0.3) is 0 Å². The Morgan fingerprint density at radius 2 is 2.20 bits per heavy atom. The van der Waals surface area contributed by atoms with Gasteiger partial charge in [0.2, 0.25) is 0 Å². The van der Waals surface area contributed by atoms with Crippen molar-refractivity contribution in [1.82, 2.24) is 0 Å². The standard InChI is InChI=1S/C8H12FN/c1-4-7(6-10)5-8(2,3)9/h5H,4H2,1-3H3/b7-5+. The molecule has 0 aromatic heterocycles. The van der Waals surface area contributed by atoms with Crippen molar-refractivity contribution in [3.8, 4) is 6.07 Å². The van der Waals surface area contributed by atoms with Crippen molar-refractivity contribution in [2.45, 2.75) is 32.9 Å². The van der Waals surface area contributed by atoms with Gasteiger partial charge in [-0.2, -0.15) is 5.26 Å². The number of nitrogens with zero attached hydrogens (tertiary/aromatic N) is 1. The fraction of sp³-hybridized carbons (Fsp3) is 0.625. The Balaban J connectivity index is 4.29. The first-order valence-corrected chi connectivity index (χ1v) is 3.30. The maximum absolute atomic E-state index is 12.8. The molecule has 0 fully saturated rings. The average Bonchev–Trinajstić information content (AvgIpc) is 1.81. The number of alkyl halides is 1. The number of halogens is 1. The van der Waals surface area contributed by atoms with Crippen LogP contribution in [-0.4, -0.2) is 5.67 Å². The lowest BCUT2D eigenvalue weighted by Gasteiger charge is -2.07. The number of hydrogen-bond donors (Lipinski definition) is 0. The molecule has 0 unspecified atom stereocenters. The summed E-state index contributed by atoms with van der Waals surface area (Å²) in [7, 11) is 0. The van der Waals surface area contributed by atoms with Crippen LogP contribution in [0.2, 0.25) is 0 Å². The monoisotopic (exact) mass is 141 g/mol. The molecule has 0 saturated carbocycles. The second-order valence-corrected chi connectivity index (χ2v) is 2.70. The van der Waals surface area contributed by atoms with E-state index in [2.05, 4.69) is 0 Å².